The quantitative estimate of drug-likeness (QED) is 0.0208. The van der Waals surface area contributed by atoms with Crippen LogP contribution in [0.3, 0.4) is 0 Å². The molecule has 0 aromatic rings. The zero-order valence-electron chi connectivity index (χ0n) is 32.5. The van der Waals surface area contributed by atoms with Crippen molar-refractivity contribution in [1.82, 2.24) is 5.32 Å². The molecular formula is C41H70NO10P. The van der Waals surface area contributed by atoms with Gasteiger partial charge in [0.15, 0.2) is 6.04 Å². The zero-order chi connectivity index (χ0) is 39.3. The van der Waals surface area contributed by atoms with E-state index in [2.05, 4.69) is 79.9 Å². The Labute approximate surface area is 319 Å². The van der Waals surface area contributed by atoms with Crippen molar-refractivity contribution >= 4 is 25.7 Å². The molecule has 11 nitrogen and oxygen atoms in total. The minimum absolute atomic E-state index is 0.129. The van der Waals surface area contributed by atoms with E-state index in [-0.39, 0.29) is 12.8 Å². The minimum atomic E-state index is -4.76. The summed E-state index contributed by atoms with van der Waals surface area (Å²) in [6.07, 6.45) is 39.8. The Morgan fingerprint density at radius 2 is 1.08 bits per heavy atom. The number of allylic oxidation sites excluding steroid dienone is 10. The predicted molar refractivity (Wildman–Crippen MR) is 212 cm³/mol. The van der Waals surface area contributed by atoms with Crippen LogP contribution in [0.5, 0.6) is 0 Å². The van der Waals surface area contributed by atoms with Gasteiger partial charge in [-0.2, -0.15) is 0 Å². The molecule has 0 spiro atoms. The fourth-order valence-electron chi connectivity index (χ4n) is 4.89. The molecule has 0 radical (unpaired) electrons. The number of rotatable bonds is 36. The van der Waals surface area contributed by atoms with Crippen molar-refractivity contribution in [3.05, 3.63) is 60.8 Å². The van der Waals surface area contributed by atoms with E-state index in [0.717, 1.165) is 83.5 Å². The average molecular weight is 768 g/mol. The van der Waals surface area contributed by atoms with Crippen molar-refractivity contribution in [2.45, 2.75) is 161 Å². The van der Waals surface area contributed by atoms with Crippen molar-refractivity contribution in [3.8, 4) is 0 Å². The first kappa shape index (κ1) is 50.2. The lowest BCUT2D eigenvalue weighted by molar-refractivity contribution is -0.147. The SMILES string of the molecule is CCC/C=C\CCCCCCCC(=O)NC(COP(=O)(O)OCC(O)COC(=O)CCCCC/C=C\C/C=C\C/C=C\C/C=C\CCCCC)C(=O)O. The Hall–Kier alpha value is -2.82. The lowest BCUT2D eigenvalue weighted by atomic mass is 10.1. The number of carboxylic acid groups (broad SMARTS) is 1. The first-order valence-electron chi connectivity index (χ1n) is 19.8. The van der Waals surface area contributed by atoms with Crippen molar-refractivity contribution in [2.75, 3.05) is 19.8 Å². The van der Waals surface area contributed by atoms with E-state index in [9.17, 15) is 34.1 Å². The number of hydrogen-bond acceptors (Lipinski definition) is 8. The Bertz CT molecular complexity index is 1130. The van der Waals surface area contributed by atoms with Gasteiger partial charge < -0.3 is 25.2 Å². The van der Waals surface area contributed by atoms with Crippen molar-refractivity contribution in [3.63, 3.8) is 0 Å². The van der Waals surface area contributed by atoms with Crippen molar-refractivity contribution in [2.24, 2.45) is 0 Å². The largest absolute Gasteiger partial charge is 0.480 e. The number of carbonyl (C=O) groups is 3. The fraction of sp³-hybridized carbons (Fsp3) is 0.683. The molecule has 0 aliphatic heterocycles. The second-order valence-corrected chi connectivity index (χ2v) is 14.6. The summed E-state index contributed by atoms with van der Waals surface area (Å²) < 4.78 is 26.7. The second kappa shape index (κ2) is 36.2. The number of esters is 1. The van der Waals surface area contributed by atoms with Crippen LogP contribution in [0.25, 0.3) is 0 Å². The van der Waals surface area contributed by atoms with E-state index in [0.29, 0.717) is 12.8 Å². The molecule has 0 bridgehead atoms. The van der Waals surface area contributed by atoms with Crippen LogP contribution in [0.2, 0.25) is 0 Å². The molecule has 4 N–H and O–H groups in total. The molecule has 53 heavy (non-hydrogen) atoms. The molecule has 0 aliphatic rings. The monoisotopic (exact) mass is 767 g/mol. The normalized spacial score (nSPS) is 14.5. The molecule has 3 unspecified atom stereocenters. The highest BCUT2D eigenvalue weighted by atomic mass is 31.2. The topological polar surface area (TPSA) is 169 Å². The van der Waals surface area contributed by atoms with Crippen molar-refractivity contribution in [1.29, 1.82) is 0 Å². The summed E-state index contributed by atoms with van der Waals surface area (Å²) in [5.74, 6) is -2.43. The summed E-state index contributed by atoms with van der Waals surface area (Å²) in [6.45, 7) is 2.42. The number of amides is 1. The highest BCUT2D eigenvalue weighted by Crippen LogP contribution is 2.43. The van der Waals surface area contributed by atoms with Crippen LogP contribution >= 0.6 is 7.82 Å². The highest BCUT2D eigenvalue weighted by molar-refractivity contribution is 7.47. The van der Waals surface area contributed by atoms with E-state index < -0.39 is 57.6 Å². The molecular weight excluding hydrogens is 697 g/mol. The number of nitrogens with one attached hydrogen (secondary N) is 1. The van der Waals surface area contributed by atoms with Gasteiger partial charge in [-0.25, -0.2) is 9.36 Å². The van der Waals surface area contributed by atoms with E-state index in [1.807, 2.05) is 0 Å². The second-order valence-electron chi connectivity index (χ2n) is 13.1. The Balaban J connectivity index is 3.99. The summed E-state index contributed by atoms with van der Waals surface area (Å²) in [7, 11) is -4.76. The first-order chi connectivity index (χ1) is 25.6. The molecule has 0 saturated heterocycles. The number of aliphatic hydroxyl groups is 1. The standard InChI is InChI=1S/C41H70NO10P/c1-3-5-7-9-11-13-15-16-17-18-19-20-21-22-23-25-27-29-31-33-40(45)50-34-37(43)35-51-53(48,49)52-36-38(41(46)47)42-39(44)32-30-28-26-24-14-12-10-8-6-4-2/h8,10-11,13,16-17,19-20,22-23,37-38,43H,3-7,9,12,14-15,18,21,24-36H2,1-2H3,(H,42,44)(H,46,47)(H,48,49)/b10-8-,13-11-,17-16-,20-19-,23-22-. The van der Waals surface area contributed by atoms with Gasteiger partial charge in [-0.3, -0.25) is 18.6 Å². The van der Waals surface area contributed by atoms with Gasteiger partial charge in [0.05, 0.1) is 13.2 Å². The molecule has 0 rings (SSSR count). The van der Waals surface area contributed by atoms with Gasteiger partial charge in [0, 0.05) is 12.8 Å². The number of aliphatic carboxylic acids is 1. The first-order valence-corrected chi connectivity index (χ1v) is 21.3. The Morgan fingerprint density at radius 1 is 0.604 bits per heavy atom. The number of hydrogen-bond donors (Lipinski definition) is 4. The zero-order valence-corrected chi connectivity index (χ0v) is 33.4. The average Bonchev–Trinajstić information content (AvgIpc) is 3.13. The summed E-state index contributed by atoms with van der Waals surface area (Å²) in [4.78, 5) is 45.7. The third-order valence-electron chi connectivity index (χ3n) is 8.01. The highest BCUT2D eigenvalue weighted by Gasteiger charge is 2.28. The molecule has 3 atom stereocenters. The third kappa shape index (κ3) is 36.0. The van der Waals surface area contributed by atoms with Crippen LogP contribution in [-0.4, -0.2) is 64.9 Å². The summed E-state index contributed by atoms with van der Waals surface area (Å²) in [6, 6.07) is -1.55. The maximum Gasteiger partial charge on any atom is 0.472 e. The number of aliphatic hydroxyl groups excluding tert-OH is 1. The van der Waals surface area contributed by atoms with Gasteiger partial charge in [-0.1, -0.05) is 120 Å². The number of phosphoric ester groups is 1. The number of carboxylic acids is 1. The third-order valence-corrected chi connectivity index (χ3v) is 8.96. The lowest BCUT2D eigenvalue weighted by Crippen LogP contribution is -2.43. The predicted octanol–water partition coefficient (Wildman–Crippen LogP) is 9.61. The minimum Gasteiger partial charge on any atom is -0.480 e. The maximum atomic E-state index is 12.2. The maximum absolute atomic E-state index is 12.2. The van der Waals surface area contributed by atoms with E-state index >= 15 is 0 Å². The molecule has 0 aromatic carbocycles. The van der Waals surface area contributed by atoms with Gasteiger partial charge in [0.1, 0.15) is 12.7 Å². The van der Waals surface area contributed by atoms with Crippen LogP contribution < -0.4 is 5.32 Å². The van der Waals surface area contributed by atoms with Crippen LogP contribution in [0, 0.1) is 0 Å². The molecule has 0 fully saturated rings. The lowest BCUT2D eigenvalue weighted by Gasteiger charge is -2.18. The Kier molecular flexibility index (Phi) is 34.2. The Morgan fingerprint density at radius 3 is 1.66 bits per heavy atom. The van der Waals surface area contributed by atoms with Crippen molar-refractivity contribution < 1.29 is 47.8 Å². The summed E-state index contributed by atoms with van der Waals surface area (Å²) >= 11 is 0. The molecule has 12 heteroatoms. The van der Waals surface area contributed by atoms with Gasteiger partial charge in [-0.05, 0) is 77.0 Å². The fourth-order valence-corrected chi connectivity index (χ4v) is 5.66. The molecule has 0 aromatic heterocycles. The van der Waals surface area contributed by atoms with E-state index in [1.54, 1.807) is 0 Å². The number of unbranched alkanes of at least 4 members (excludes halogenated alkanes) is 12. The van der Waals surface area contributed by atoms with E-state index in [1.165, 1.54) is 25.7 Å². The van der Waals surface area contributed by atoms with Gasteiger partial charge in [0.2, 0.25) is 5.91 Å². The molecule has 0 saturated carbocycles. The van der Waals surface area contributed by atoms with Crippen LogP contribution in [0.4, 0.5) is 0 Å². The van der Waals surface area contributed by atoms with Crippen LogP contribution in [0.1, 0.15) is 149 Å². The number of carbonyl (C=O) groups excluding carboxylic acids is 2. The van der Waals surface area contributed by atoms with Gasteiger partial charge in [0.25, 0.3) is 0 Å². The summed E-state index contributed by atoms with van der Waals surface area (Å²) in [5, 5.41) is 21.7. The number of phosphoric acid groups is 1. The molecule has 0 aliphatic carbocycles. The van der Waals surface area contributed by atoms with Crippen LogP contribution in [-0.2, 0) is 32.7 Å². The van der Waals surface area contributed by atoms with Gasteiger partial charge in [-0.15, -0.1) is 0 Å². The van der Waals surface area contributed by atoms with Crippen LogP contribution in [0.15, 0.2) is 60.8 Å². The molecule has 1 amide bonds. The molecule has 304 valence electrons. The summed E-state index contributed by atoms with van der Waals surface area (Å²) in [5.41, 5.74) is 0. The van der Waals surface area contributed by atoms with Gasteiger partial charge >= 0.3 is 19.8 Å². The number of ether oxygens (including phenoxy) is 1. The molecule has 0 heterocycles. The van der Waals surface area contributed by atoms with E-state index in [4.69, 9.17) is 13.8 Å². The smallest absolute Gasteiger partial charge is 0.472 e.